The van der Waals surface area contributed by atoms with E-state index in [1.807, 2.05) is 18.6 Å². The van der Waals surface area contributed by atoms with Crippen molar-refractivity contribution < 1.29 is 0 Å². The lowest BCUT2D eigenvalue weighted by atomic mass is 10.1. The van der Waals surface area contributed by atoms with Crippen molar-refractivity contribution in [3.05, 3.63) is 16.7 Å². The molecule has 0 unspecified atom stereocenters. The molecular weight excluding hydrogens is 583 g/mol. The van der Waals surface area contributed by atoms with Crippen LogP contribution in [0.2, 0.25) is 0 Å². The summed E-state index contributed by atoms with van der Waals surface area (Å²) in [6.07, 6.45) is 5.66. The van der Waals surface area contributed by atoms with E-state index < -0.39 is 0 Å². The first kappa shape index (κ1) is 39.1. The van der Waals surface area contributed by atoms with Gasteiger partial charge in [-0.2, -0.15) is 0 Å². The Morgan fingerprint density at radius 3 is 0.857 bits per heavy atom. The summed E-state index contributed by atoms with van der Waals surface area (Å²) >= 11 is 14.7. The summed E-state index contributed by atoms with van der Waals surface area (Å²) in [4.78, 5) is 30.0. The first-order valence-electron chi connectivity index (χ1n) is 14.6. The lowest BCUT2D eigenvalue weighted by Crippen LogP contribution is -2.30. The van der Waals surface area contributed by atoms with E-state index in [0.717, 1.165) is 90.3 Å². The van der Waals surface area contributed by atoms with Gasteiger partial charge in [0.1, 0.15) is 0 Å². The van der Waals surface area contributed by atoms with Crippen LogP contribution < -0.4 is 0 Å². The van der Waals surface area contributed by atoms with Gasteiger partial charge in [0, 0.05) is 109 Å². The Balaban J connectivity index is 3.12. The minimum Gasteiger partial charge on any atom is -0.308 e. The lowest BCUT2D eigenvalue weighted by Gasteiger charge is -2.19. The summed E-state index contributed by atoms with van der Waals surface area (Å²) < 4.78 is 0. The van der Waals surface area contributed by atoms with E-state index >= 15 is 0 Å². The molecule has 1 aromatic rings. The van der Waals surface area contributed by atoms with Crippen molar-refractivity contribution in [2.24, 2.45) is 15.0 Å². The van der Waals surface area contributed by atoms with Crippen LogP contribution in [-0.2, 0) is 0 Å². The van der Waals surface area contributed by atoms with Crippen molar-refractivity contribution in [2.45, 2.75) is 14.7 Å². The molecule has 0 saturated heterocycles. The largest absolute Gasteiger partial charge is 0.308 e. The number of thiol groups is 3. The van der Waals surface area contributed by atoms with Gasteiger partial charge < -0.3 is 29.4 Å². The third kappa shape index (κ3) is 16.2. The Morgan fingerprint density at radius 1 is 0.405 bits per heavy atom. The highest BCUT2D eigenvalue weighted by Crippen LogP contribution is 2.33. The van der Waals surface area contributed by atoms with Gasteiger partial charge in [0.15, 0.2) is 0 Å². The van der Waals surface area contributed by atoms with Crippen molar-refractivity contribution in [2.75, 3.05) is 142 Å². The second kappa shape index (κ2) is 21.7. The van der Waals surface area contributed by atoms with E-state index in [9.17, 15) is 0 Å². The molecule has 1 rings (SSSR count). The summed E-state index contributed by atoms with van der Waals surface area (Å²) in [6, 6.07) is 0. The van der Waals surface area contributed by atoms with Crippen LogP contribution in [0.4, 0.5) is 0 Å². The highest BCUT2D eigenvalue weighted by molar-refractivity contribution is 7.82. The molecule has 0 spiro atoms. The Morgan fingerprint density at radius 2 is 0.643 bits per heavy atom. The maximum atomic E-state index is 4.90. The molecule has 9 nitrogen and oxygen atoms in total. The van der Waals surface area contributed by atoms with E-state index in [1.165, 1.54) is 0 Å². The summed E-state index contributed by atoms with van der Waals surface area (Å²) in [6.45, 7) is 10.8. The molecule has 0 aliphatic rings. The Bertz CT molecular complexity index is 852. The van der Waals surface area contributed by atoms with Crippen molar-refractivity contribution in [1.82, 2.24) is 29.4 Å². The normalized spacial score (nSPS) is 13.0. The van der Waals surface area contributed by atoms with Gasteiger partial charge in [-0.3, -0.25) is 15.0 Å². The second-order valence-corrected chi connectivity index (χ2v) is 13.1. The van der Waals surface area contributed by atoms with E-state index in [-0.39, 0.29) is 0 Å². The number of nitrogens with zero attached hydrogens (tertiary/aromatic N) is 9. The molecule has 0 saturated carbocycles. The van der Waals surface area contributed by atoms with Gasteiger partial charge in [0.25, 0.3) is 0 Å². The third-order valence-electron chi connectivity index (χ3n) is 6.81. The highest BCUT2D eigenvalue weighted by Gasteiger charge is 2.16. The first-order chi connectivity index (χ1) is 19.8. The summed E-state index contributed by atoms with van der Waals surface area (Å²) in [5.74, 6) is 0. The third-order valence-corrected chi connectivity index (χ3v) is 8.26. The molecule has 42 heavy (non-hydrogen) atoms. The zero-order valence-corrected chi connectivity index (χ0v) is 30.3. The molecule has 0 amide bonds. The zero-order chi connectivity index (χ0) is 31.7. The summed E-state index contributed by atoms with van der Waals surface area (Å²) in [5.41, 5.74) is 2.60. The molecule has 0 atom stereocenters. The smallest absolute Gasteiger partial charge is 0.0516 e. The number of hydrogen-bond acceptors (Lipinski definition) is 12. The summed E-state index contributed by atoms with van der Waals surface area (Å²) in [5, 5.41) is 0. The molecule has 12 heteroatoms. The highest BCUT2D eigenvalue weighted by atomic mass is 32.1. The maximum absolute atomic E-state index is 4.90. The fourth-order valence-electron chi connectivity index (χ4n) is 3.74. The molecule has 240 valence electrons. The van der Waals surface area contributed by atoms with Crippen molar-refractivity contribution in [1.29, 1.82) is 0 Å². The minimum atomic E-state index is 0.693. The van der Waals surface area contributed by atoms with E-state index in [0.29, 0.717) is 19.6 Å². The van der Waals surface area contributed by atoms with E-state index in [2.05, 4.69) is 92.8 Å². The predicted octanol–water partition coefficient (Wildman–Crippen LogP) is 2.29. The van der Waals surface area contributed by atoms with Crippen molar-refractivity contribution >= 4 is 56.5 Å². The van der Waals surface area contributed by atoms with Crippen LogP contribution in [0.1, 0.15) is 16.7 Å². The average molecular weight is 640 g/mol. The number of rotatable bonds is 21. The molecule has 0 bridgehead atoms. The molecule has 0 heterocycles. The van der Waals surface area contributed by atoms with Crippen LogP contribution in [0, 0.1) is 0 Å². The fraction of sp³-hybridized carbons (Fsp3) is 0.700. The van der Waals surface area contributed by atoms with Gasteiger partial charge in [-0.15, -0.1) is 37.9 Å². The van der Waals surface area contributed by atoms with E-state index in [4.69, 9.17) is 52.9 Å². The molecule has 0 aromatic heterocycles. The molecule has 0 aliphatic carbocycles. The van der Waals surface area contributed by atoms with Crippen LogP contribution in [0.3, 0.4) is 0 Å². The lowest BCUT2D eigenvalue weighted by molar-refractivity contribution is 0.288. The monoisotopic (exact) mass is 639 g/mol. The Hall–Kier alpha value is -0.960. The van der Waals surface area contributed by atoms with Gasteiger partial charge in [-0.25, -0.2) is 0 Å². The van der Waals surface area contributed by atoms with Crippen LogP contribution >= 0.6 is 37.9 Å². The van der Waals surface area contributed by atoms with Crippen LogP contribution in [0.25, 0.3) is 0 Å². The topological polar surface area (TPSA) is 56.5 Å². The Kier molecular flexibility index (Phi) is 20.2. The predicted molar refractivity (Wildman–Crippen MR) is 194 cm³/mol. The molecule has 0 fully saturated rings. The molecule has 1 aromatic carbocycles. The van der Waals surface area contributed by atoms with Gasteiger partial charge in [-0.05, 0) is 63.4 Å². The minimum absolute atomic E-state index is 0.693. The number of likely N-dealkylation sites (N-methyl/N-ethyl adjacent to an activating group) is 6. The molecular formula is C30H57N9S3. The maximum Gasteiger partial charge on any atom is 0.0516 e. The first-order valence-corrected chi connectivity index (χ1v) is 16.0. The SMILES string of the molecule is CN(C)CCN(C)CCN=Cc1c(S)c(C=NCCN(C)CCN(C)C)c(S)c(C=NCCN(C)CCN(C)C)c1S. The standard InChI is InChI=1S/C30H57N9S3/c1-34(2)16-19-37(7)13-10-31-22-25-28(40)26(23-32-11-14-38(8)20-17-35(3)4)30(42)27(29(25)41)24-33-12-15-39(9)21-18-36(5)6/h22-24,40-42H,10-21H2,1-9H3. The van der Waals surface area contributed by atoms with Crippen molar-refractivity contribution in [3.8, 4) is 0 Å². The fourth-order valence-corrected chi connectivity index (χ4v) is 5.02. The summed E-state index contributed by atoms with van der Waals surface area (Å²) in [7, 11) is 18.9. The number of benzene rings is 1. The number of aliphatic imine (C=N–C) groups is 3. The van der Waals surface area contributed by atoms with Crippen LogP contribution in [0.5, 0.6) is 0 Å². The van der Waals surface area contributed by atoms with Crippen LogP contribution in [-0.4, -0.2) is 190 Å². The second-order valence-electron chi connectivity index (χ2n) is 11.7. The van der Waals surface area contributed by atoms with Crippen molar-refractivity contribution in [3.63, 3.8) is 0 Å². The van der Waals surface area contributed by atoms with Crippen LogP contribution in [0.15, 0.2) is 29.7 Å². The van der Waals surface area contributed by atoms with E-state index in [1.54, 1.807) is 0 Å². The van der Waals surface area contributed by atoms with Gasteiger partial charge in [0.05, 0.1) is 19.6 Å². The number of hydrogen-bond donors (Lipinski definition) is 3. The average Bonchev–Trinajstić information content (AvgIpc) is 2.92. The quantitative estimate of drug-likeness (QED) is 0.142. The zero-order valence-electron chi connectivity index (χ0n) is 27.6. The van der Waals surface area contributed by atoms with Gasteiger partial charge in [-0.1, -0.05) is 0 Å². The molecule has 0 N–H and O–H groups in total. The molecule has 0 aliphatic heterocycles. The Labute approximate surface area is 273 Å². The van der Waals surface area contributed by atoms with Gasteiger partial charge in [0.2, 0.25) is 0 Å². The molecule has 0 radical (unpaired) electrons. The van der Waals surface area contributed by atoms with Gasteiger partial charge >= 0.3 is 0 Å².